The molecule has 0 saturated carbocycles. The Bertz CT molecular complexity index is 1040. The Labute approximate surface area is 166 Å². The van der Waals surface area contributed by atoms with Gasteiger partial charge in [-0.15, -0.1) is 0 Å². The summed E-state index contributed by atoms with van der Waals surface area (Å²) in [6, 6.07) is 14.1. The topological polar surface area (TPSA) is 107 Å². The van der Waals surface area contributed by atoms with Crippen LogP contribution in [0, 0.1) is 0 Å². The molecule has 0 fully saturated rings. The molecule has 4 aromatic rings. The van der Waals surface area contributed by atoms with Crippen molar-refractivity contribution in [1.82, 2.24) is 19.9 Å². The fraction of sp³-hybridized carbons (Fsp3) is 0.0952. The van der Waals surface area contributed by atoms with E-state index >= 15 is 0 Å². The number of nitrogens with one attached hydrogen (secondary N) is 2. The zero-order valence-electron chi connectivity index (χ0n) is 15.4. The van der Waals surface area contributed by atoms with Gasteiger partial charge in [-0.25, -0.2) is 14.8 Å². The van der Waals surface area contributed by atoms with Crippen LogP contribution in [-0.2, 0) is 13.1 Å². The molecule has 2 heterocycles. The molecule has 2 aromatic carbocycles. The van der Waals surface area contributed by atoms with E-state index < -0.39 is 5.97 Å². The number of benzene rings is 2. The zero-order chi connectivity index (χ0) is 20.1. The highest BCUT2D eigenvalue weighted by atomic mass is 16.5. The Balaban J connectivity index is 1.58. The van der Waals surface area contributed by atoms with Crippen LogP contribution in [-0.4, -0.2) is 31.0 Å². The van der Waals surface area contributed by atoms with Crippen molar-refractivity contribution in [2.24, 2.45) is 0 Å². The van der Waals surface area contributed by atoms with Crippen LogP contribution in [0.15, 0.2) is 73.6 Å². The number of hydrogen-bond donors (Lipinski definition) is 3. The summed E-state index contributed by atoms with van der Waals surface area (Å²) in [5, 5.41) is 9.16. The van der Waals surface area contributed by atoms with Gasteiger partial charge in [0.25, 0.3) is 0 Å². The molecule has 0 aliphatic heterocycles. The molecule has 0 unspecified atom stereocenters. The highest BCUT2D eigenvalue weighted by Gasteiger charge is 2.12. The smallest absolute Gasteiger partial charge is 0.335 e. The van der Waals surface area contributed by atoms with E-state index in [1.165, 1.54) is 12.1 Å². The number of H-pyrrole nitrogens is 2. The minimum absolute atomic E-state index is 0.179. The summed E-state index contributed by atoms with van der Waals surface area (Å²) in [6.45, 7) is 1.24. The van der Waals surface area contributed by atoms with Gasteiger partial charge in [0.1, 0.15) is 11.5 Å². The Morgan fingerprint density at radius 3 is 2.14 bits per heavy atom. The molecule has 29 heavy (non-hydrogen) atoms. The van der Waals surface area contributed by atoms with Crippen LogP contribution in [0.1, 0.15) is 21.7 Å². The number of aromatic carboxylic acids is 1. The average Bonchev–Trinajstić information content (AvgIpc) is 3.42. The van der Waals surface area contributed by atoms with Crippen molar-refractivity contribution in [1.29, 1.82) is 0 Å². The molecular formula is C21H19N5O3. The molecule has 0 aliphatic rings. The van der Waals surface area contributed by atoms with Crippen molar-refractivity contribution in [3.05, 3.63) is 90.5 Å². The zero-order valence-corrected chi connectivity index (χ0v) is 15.4. The van der Waals surface area contributed by atoms with Crippen LogP contribution in [0.25, 0.3) is 0 Å². The first-order valence-corrected chi connectivity index (χ1v) is 8.98. The number of anilines is 1. The van der Waals surface area contributed by atoms with E-state index in [-0.39, 0.29) is 5.56 Å². The monoisotopic (exact) mass is 389 g/mol. The molecule has 0 atom stereocenters. The third-order valence-corrected chi connectivity index (χ3v) is 4.33. The predicted molar refractivity (Wildman–Crippen MR) is 107 cm³/mol. The van der Waals surface area contributed by atoms with Crippen LogP contribution >= 0.6 is 0 Å². The lowest BCUT2D eigenvalue weighted by Crippen LogP contribution is -2.22. The maximum absolute atomic E-state index is 11.2. The summed E-state index contributed by atoms with van der Waals surface area (Å²) in [6.07, 6.45) is 6.88. The van der Waals surface area contributed by atoms with E-state index in [0.717, 1.165) is 17.1 Å². The molecule has 0 spiro atoms. The molecule has 146 valence electrons. The standard InChI is InChI=1S/C21H19N5O3/c27-21(28)15-3-1-5-19(7-15)29-20-6-2-4-18(8-20)26(11-16-9-22-13-24-16)12-17-10-23-14-25-17/h1-10,13-14H,11-12H2,(H,22,24)(H,23,25)(H,27,28). The molecule has 0 saturated heterocycles. The molecule has 8 heteroatoms. The number of aromatic amines is 2. The maximum atomic E-state index is 11.2. The Morgan fingerprint density at radius 1 is 0.931 bits per heavy atom. The van der Waals surface area contributed by atoms with Crippen molar-refractivity contribution in [2.45, 2.75) is 13.1 Å². The molecule has 4 rings (SSSR count). The quantitative estimate of drug-likeness (QED) is 0.423. The van der Waals surface area contributed by atoms with Crippen LogP contribution in [0.3, 0.4) is 0 Å². The van der Waals surface area contributed by atoms with Crippen molar-refractivity contribution in [2.75, 3.05) is 4.90 Å². The molecule has 0 amide bonds. The largest absolute Gasteiger partial charge is 0.478 e. The van der Waals surface area contributed by atoms with Crippen LogP contribution in [0.4, 0.5) is 5.69 Å². The summed E-state index contributed by atoms with van der Waals surface area (Å²) in [5.74, 6) is 0.0921. The van der Waals surface area contributed by atoms with Crippen molar-refractivity contribution >= 4 is 11.7 Å². The van der Waals surface area contributed by atoms with Gasteiger partial charge in [0.2, 0.25) is 0 Å². The third kappa shape index (κ3) is 4.62. The van der Waals surface area contributed by atoms with E-state index in [9.17, 15) is 4.79 Å². The maximum Gasteiger partial charge on any atom is 0.335 e. The van der Waals surface area contributed by atoms with Gasteiger partial charge >= 0.3 is 5.97 Å². The fourth-order valence-corrected chi connectivity index (χ4v) is 2.96. The molecule has 2 aromatic heterocycles. The van der Waals surface area contributed by atoms with E-state index in [1.807, 2.05) is 24.3 Å². The van der Waals surface area contributed by atoms with E-state index in [2.05, 4.69) is 24.8 Å². The van der Waals surface area contributed by atoms with Gasteiger partial charge in [-0.05, 0) is 30.3 Å². The van der Waals surface area contributed by atoms with E-state index in [4.69, 9.17) is 9.84 Å². The van der Waals surface area contributed by atoms with Crippen molar-refractivity contribution in [3.63, 3.8) is 0 Å². The number of carboxylic acids is 1. The predicted octanol–water partition coefficient (Wildman–Crippen LogP) is 3.83. The second-order valence-corrected chi connectivity index (χ2v) is 6.44. The summed E-state index contributed by atoms with van der Waals surface area (Å²) < 4.78 is 5.90. The number of imidazole rings is 2. The number of aromatic nitrogens is 4. The number of carbonyl (C=O) groups is 1. The van der Waals surface area contributed by atoms with Crippen LogP contribution in [0.5, 0.6) is 11.5 Å². The first-order valence-electron chi connectivity index (χ1n) is 8.98. The average molecular weight is 389 g/mol. The summed E-state index contributed by atoms with van der Waals surface area (Å²) in [4.78, 5) is 27.7. The SMILES string of the molecule is O=C(O)c1cccc(Oc2cccc(N(Cc3cnc[nH]3)Cc3cnc[nH]3)c2)c1. The lowest BCUT2D eigenvalue weighted by atomic mass is 10.2. The van der Waals surface area contributed by atoms with Gasteiger partial charge in [0.15, 0.2) is 0 Å². The Hall–Kier alpha value is -4.07. The van der Waals surface area contributed by atoms with Gasteiger partial charge in [0, 0.05) is 24.1 Å². The van der Waals surface area contributed by atoms with Gasteiger partial charge < -0.3 is 24.7 Å². The van der Waals surface area contributed by atoms with Crippen molar-refractivity contribution in [3.8, 4) is 11.5 Å². The molecule has 0 radical (unpaired) electrons. The second-order valence-electron chi connectivity index (χ2n) is 6.44. The lowest BCUT2D eigenvalue weighted by Gasteiger charge is -2.24. The number of ether oxygens (including phenoxy) is 1. The van der Waals surface area contributed by atoms with Crippen LogP contribution in [0.2, 0.25) is 0 Å². The first kappa shape index (κ1) is 18.3. The third-order valence-electron chi connectivity index (χ3n) is 4.33. The second kappa shape index (κ2) is 8.30. The summed E-state index contributed by atoms with van der Waals surface area (Å²) in [5.41, 5.74) is 3.08. The molecule has 8 nitrogen and oxygen atoms in total. The Kier molecular flexibility index (Phi) is 5.24. The number of rotatable bonds is 8. The number of carboxylic acid groups (broad SMARTS) is 1. The fourth-order valence-electron chi connectivity index (χ4n) is 2.96. The van der Waals surface area contributed by atoms with Gasteiger partial charge in [0.05, 0.1) is 42.7 Å². The minimum atomic E-state index is -0.991. The van der Waals surface area contributed by atoms with Crippen LogP contribution < -0.4 is 9.64 Å². The summed E-state index contributed by atoms with van der Waals surface area (Å²) >= 11 is 0. The number of nitrogens with zero attached hydrogens (tertiary/aromatic N) is 3. The normalized spacial score (nSPS) is 10.6. The number of hydrogen-bond acceptors (Lipinski definition) is 5. The van der Waals surface area contributed by atoms with Gasteiger partial charge in [-0.2, -0.15) is 0 Å². The first-order chi connectivity index (χ1) is 14.2. The summed E-state index contributed by atoms with van der Waals surface area (Å²) in [7, 11) is 0. The molecule has 3 N–H and O–H groups in total. The molecule has 0 bridgehead atoms. The molecular weight excluding hydrogens is 370 g/mol. The van der Waals surface area contributed by atoms with Crippen molar-refractivity contribution < 1.29 is 14.6 Å². The van der Waals surface area contributed by atoms with E-state index in [1.54, 1.807) is 37.2 Å². The lowest BCUT2D eigenvalue weighted by molar-refractivity contribution is 0.0696. The highest BCUT2D eigenvalue weighted by molar-refractivity contribution is 5.88. The minimum Gasteiger partial charge on any atom is -0.478 e. The van der Waals surface area contributed by atoms with Gasteiger partial charge in [-0.3, -0.25) is 0 Å². The van der Waals surface area contributed by atoms with Gasteiger partial charge in [-0.1, -0.05) is 12.1 Å². The van der Waals surface area contributed by atoms with E-state index in [0.29, 0.717) is 24.6 Å². The Morgan fingerprint density at radius 2 is 1.55 bits per heavy atom. The molecule has 0 aliphatic carbocycles. The highest BCUT2D eigenvalue weighted by Crippen LogP contribution is 2.28.